The Balaban J connectivity index is 1.44. The number of aliphatic hydroxyl groups is 12. The predicted octanol–water partition coefficient (Wildman–Crippen LogP) is -10.6. The molecule has 0 aliphatic carbocycles. The number of aliphatic carboxylic acids is 3. The topological polar surface area (TPSA) is 594 Å². The minimum atomic E-state index is -2.51. The molecule has 26 unspecified atom stereocenters. The maximum absolute atomic E-state index is 13.0. The predicted molar refractivity (Wildman–Crippen MR) is 272 cm³/mol. The van der Waals surface area contributed by atoms with Gasteiger partial charge in [0.25, 0.3) is 0 Å². The summed E-state index contributed by atoms with van der Waals surface area (Å²) in [4.78, 5) is 88.1. The van der Waals surface area contributed by atoms with Crippen LogP contribution in [0.4, 0.5) is 4.79 Å². The highest BCUT2D eigenvalue weighted by atomic mass is 16.8. The Hall–Kier alpha value is -5.16. The van der Waals surface area contributed by atoms with Crippen molar-refractivity contribution in [3.63, 3.8) is 0 Å². The first-order valence-electron chi connectivity index (χ1n) is 26.7. The highest BCUT2D eigenvalue weighted by Crippen LogP contribution is 2.37. The van der Waals surface area contributed by atoms with E-state index in [1.54, 1.807) is 0 Å². The number of ether oxygens (including phenoxy) is 12. The van der Waals surface area contributed by atoms with Gasteiger partial charge in [0.1, 0.15) is 115 Å². The van der Waals surface area contributed by atoms with E-state index in [9.17, 15) is 110 Å². The number of nitrogens with zero attached hydrogens (tertiary/aromatic N) is 1. The lowest BCUT2D eigenvalue weighted by Gasteiger charge is -2.50. The van der Waals surface area contributed by atoms with Crippen molar-refractivity contribution in [3.8, 4) is 0 Å². The average molecular weight is 1270 g/mol. The molecule has 28 atom stereocenters. The third kappa shape index (κ3) is 18.3. The van der Waals surface area contributed by atoms with Crippen LogP contribution in [0.15, 0.2) is 5.10 Å². The number of methoxy groups -OCH3 is 1. The maximum Gasteiger partial charge on any atom is 0.428 e. The molecule has 87 heavy (non-hydrogen) atoms. The lowest BCUT2D eigenvalue weighted by Crippen LogP contribution is -2.71. The third-order valence-corrected chi connectivity index (χ3v) is 13.9. The van der Waals surface area contributed by atoms with Crippen molar-refractivity contribution in [3.05, 3.63) is 0 Å². The lowest BCUT2D eigenvalue weighted by atomic mass is 9.93. The minimum Gasteiger partial charge on any atom is -0.479 e. The van der Waals surface area contributed by atoms with E-state index in [0.717, 1.165) is 34.1 Å². The molecule has 4 amide bonds. The van der Waals surface area contributed by atoms with Crippen molar-refractivity contribution in [2.75, 3.05) is 26.9 Å². The highest BCUT2D eigenvalue weighted by molar-refractivity contribution is 5.80. The molecule has 0 spiro atoms. The molecular formula is C48H77N5O34. The first-order chi connectivity index (χ1) is 40.7. The Morgan fingerprint density at radius 2 is 1.06 bits per heavy atom. The fourth-order valence-corrected chi connectivity index (χ4v) is 9.82. The second-order valence-corrected chi connectivity index (χ2v) is 21.6. The van der Waals surface area contributed by atoms with Gasteiger partial charge in [-0.2, -0.15) is 5.10 Å². The first-order valence-corrected chi connectivity index (χ1v) is 26.7. The number of carbonyl (C=O) groups excluding carboxylic acids is 4. The van der Waals surface area contributed by atoms with Crippen LogP contribution < -0.4 is 21.4 Å². The van der Waals surface area contributed by atoms with Gasteiger partial charge in [0, 0.05) is 34.3 Å². The van der Waals surface area contributed by atoms with Crippen molar-refractivity contribution in [2.24, 2.45) is 5.10 Å². The summed E-state index contributed by atoms with van der Waals surface area (Å²) in [6.07, 6.45) is -54.6. The summed E-state index contributed by atoms with van der Waals surface area (Å²) in [6, 6.07) is -5.58. The number of amides is 4. The van der Waals surface area contributed by atoms with Crippen LogP contribution in [0, 0.1) is 0 Å². The molecule has 498 valence electrons. The summed E-state index contributed by atoms with van der Waals surface area (Å²) >= 11 is 0. The molecule has 5 heterocycles. The molecule has 0 bridgehead atoms. The van der Waals surface area contributed by atoms with Crippen LogP contribution in [0.2, 0.25) is 0 Å². The smallest absolute Gasteiger partial charge is 0.428 e. The van der Waals surface area contributed by atoms with Gasteiger partial charge in [-0.15, -0.1) is 0 Å². The quantitative estimate of drug-likeness (QED) is 0.0298. The number of hydrazone groups is 1. The van der Waals surface area contributed by atoms with E-state index in [1.165, 1.54) is 20.8 Å². The van der Waals surface area contributed by atoms with Crippen molar-refractivity contribution >= 4 is 47.9 Å². The molecule has 5 aliphatic heterocycles. The molecule has 0 aromatic carbocycles. The number of hydrogen-bond acceptors (Lipinski definition) is 32. The van der Waals surface area contributed by atoms with E-state index in [1.807, 2.05) is 5.43 Å². The highest BCUT2D eigenvalue weighted by Gasteiger charge is 2.59. The number of aliphatic hydroxyl groups excluding tert-OH is 12. The lowest BCUT2D eigenvalue weighted by molar-refractivity contribution is -0.373. The van der Waals surface area contributed by atoms with Gasteiger partial charge >= 0.3 is 24.0 Å². The Morgan fingerprint density at radius 3 is 1.48 bits per heavy atom. The molecule has 39 heteroatoms. The Labute approximate surface area is 492 Å². The van der Waals surface area contributed by atoms with Crippen LogP contribution in [-0.2, 0) is 85.6 Å². The van der Waals surface area contributed by atoms with Gasteiger partial charge in [-0.1, -0.05) is 0 Å². The van der Waals surface area contributed by atoms with Gasteiger partial charge < -0.3 is 149 Å². The van der Waals surface area contributed by atoms with Crippen LogP contribution in [-0.4, -0.2) is 329 Å². The van der Waals surface area contributed by atoms with Gasteiger partial charge in [0.15, 0.2) is 49.8 Å². The van der Waals surface area contributed by atoms with Crippen LogP contribution in [0.25, 0.3) is 0 Å². The molecule has 5 aliphatic rings. The standard InChI is InChI=1S/C48H77N5O34/c1-13(57)50-16(9-49-53-47(75)87-48(4,5)6)32(24(61)17(60)10-54)81-44-27(64)18(8-19(78-44)39(69)70)77-42-22(51-14(2)58)33(25(62)20(11-55)79-42)82-46-31(68)29(66)36(38(86-46)41(73)74)84-43-23(52-15(3)59)34(26(63)21(12-56)80-43)83-45-30(67)28(65)35(76-7)37(85-45)40(71)72/h9,16-38,42-46,54-56,60-68H,8,10-12H2,1-7H3,(H,50,57)(H,51,58)(H,52,59)(H,53,75)(H,69,70)(H,71,72)(H,73,74)/b49-9+/t16?,17?,18?,19?,20?,21?,22?,23?,24?,25?,26?,27?,28?,29?,30?,31?,32?,33?,34?,35?,36?,37?,38?,42-,43+,44?,45?,46?/m0/s1. The minimum absolute atomic E-state index is 0.765. The second-order valence-electron chi connectivity index (χ2n) is 21.6. The van der Waals surface area contributed by atoms with Crippen LogP contribution in [0.1, 0.15) is 48.0 Å². The number of carbonyl (C=O) groups is 7. The average Bonchev–Trinajstić information content (AvgIpc) is 1.13. The summed E-state index contributed by atoms with van der Waals surface area (Å²) in [6.45, 7) is 4.02. The molecule has 0 radical (unpaired) electrons. The largest absolute Gasteiger partial charge is 0.479 e. The van der Waals surface area contributed by atoms with E-state index in [-0.39, 0.29) is 0 Å². The van der Waals surface area contributed by atoms with Crippen LogP contribution >= 0.6 is 0 Å². The van der Waals surface area contributed by atoms with Crippen molar-refractivity contribution < 1.29 is 167 Å². The fourth-order valence-electron chi connectivity index (χ4n) is 9.82. The molecule has 39 nitrogen and oxygen atoms in total. The summed E-state index contributed by atoms with van der Waals surface area (Å²) in [5, 5.41) is 173. The van der Waals surface area contributed by atoms with Crippen molar-refractivity contribution in [1.82, 2.24) is 21.4 Å². The molecule has 5 rings (SSSR count). The number of nitrogens with one attached hydrogen (secondary N) is 4. The Kier molecular flexibility index (Phi) is 26.3. The molecule has 0 saturated carbocycles. The van der Waals surface area contributed by atoms with Gasteiger partial charge in [0.2, 0.25) is 17.7 Å². The van der Waals surface area contributed by atoms with E-state index in [0.29, 0.717) is 0 Å². The number of hydrogen-bond donors (Lipinski definition) is 19. The zero-order chi connectivity index (χ0) is 65.3. The fraction of sp³-hybridized carbons (Fsp3) is 0.833. The van der Waals surface area contributed by atoms with Crippen molar-refractivity contribution in [1.29, 1.82) is 0 Å². The van der Waals surface area contributed by atoms with Gasteiger partial charge in [-0.3, -0.25) is 14.4 Å². The SMILES string of the molecule is COC1C(C(=O)O)OC(OC2C(O)C(CO)O[C@H](OC3C(C(=O)O)OC(OC4C(O)C(CO)O[C@H](OC5CC(C(=O)O)OC(OC(C(/C=N/NC(=O)OC(C)(C)C)NC(C)=O)C(O)C(O)CO)C5O)C4NC(C)=O)C(O)C3O)C2NC(C)=O)C(O)C1O. The molecule has 5 saturated heterocycles. The van der Waals surface area contributed by atoms with Gasteiger partial charge in [-0.05, 0) is 20.8 Å². The van der Waals surface area contributed by atoms with E-state index >= 15 is 0 Å². The van der Waals surface area contributed by atoms with E-state index < -0.39 is 245 Å². The summed E-state index contributed by atoms with van der Waals surface area (Å²) < 4.78 is 67.4. The number of carboxylic acids is 3. The summed E-state index contributed by atoms with van der Waals surface area (Å²) in [5.41, 5.74) is 0.981. The number of carboxylic acid groups (broad SMARTS) is 3. The Morgan fingerprint density at radius 1 is 0.586 bits per heavy atom. The van der Waals surface area contributed by atoms with Crippen LogP contribution in [0.5, 0.6) is 0 Å². The van der Waals surface area contributed by atoms with Crippen LogP contribution in [0.3, 0.4) is 0 Å². The summed E-state index contributed by atoms with van der Waals surface area (Å²) in [7, 11) is 1.00. The van der Waals surface area contributed by atoms with Crippen molar-refractivity contribution in [2.45, 2.75) is 225 Å². The number of rotatable bonds is 25. The maximum atomic E-state index is 13.0. The van der Waals surface area contributed by atoms with E-state index in [2.05, 4.69) is 21.1 Å². The van der Waals surface area contributed by atoms with Gasteiger partial charge in [-0.25, -0.2) is 24.6 Å². The zero-order valence-corrected chi connectivity index (χ0v) is 47.5. The first kappa shape index (κ1) is 72.6. The molecular weight excluding hydrogens is 1190 g/mol. The third-order valence-electron chi connectivity index (χ3n) is 13.9. The van der Waals surface area contributed by atoms with Gasteiger partial charge in [0.05, 0.1) is 38.2 Å². The zero-order valence-electron chi connectivity index (χ0n) is 47.5. The molecule has 19 N–H and O–H groups in total. The second kappa shape index (κ2) is 31.5. The monoisotopic (exact) mass is 1270 g/mol. The van der Waals surface area contributed by atoms with E-state index in [4.69, 9.17) is 56.8 Å². The molecule has 5 fully saturated rings. The molecule has 0 aromatic heterocycles. The summed E-state index contributed by atoms with van der Waals surface area (Å²) in [5.74, 6) is -8.22. The Bertz CT molecular complexity index is 2360. The molecule has 0 aromatic rings. The normalized spacial score (nSPS) is 38.9.